The lowest BCUT2D eigenvalue weighted by molar-refractivity contribution is -0.123. The van der Waals surface area contributed by atoms with Gasteiger partial charge in [-0.2, -0.15) is 5.10 Å². The predicted octanol–water partition coefficient (Wildman–Crippen LogP) is 2.30. The van der Waals surface area contributed by atoms with Gasteiger partial charge in [-0.25, -0.2) is 5.43 Å². The largest absolute Gasteiger partial charge is 0.493 e. The summed E-state index contributed by atoms with van der Waals surface area (Å²) < 4.78 is 15.9. The standard InChI is InChI=1S/C19H23N3O4/c1-22(2)15-10-8-14(9-11-15)12-20-21-18(23)13-26-19-16(24-3)6-5-7-17(19)25-4/h5-12H,13H2,1-4H3,(H,21,23). The van der Waals surface area contributed by atoms with Gasteiger partial charge in [-0.3, -0.25) is 4.79 Å². The number of ether oxygens (including phenoxy) is 3. The highest BCUT2D eigenvalue weighted by Crippen LogP contribution is 2.36. The second kappa shape index (κ2) is 9.31. The maximum absolute atomic E-state index is 11.9. The van der Waals surface area contributed by atoms with Gasteiger partial charge >= 0.3 is 0 Å². The molecule has 0 radical (unpaired) electrons. The number of hydrazone groups is 1. The van der Waals surface area contributed by atoms with Gasteiger partial charge in [0, 0.05) is 19.8 Å². The Morgan fingerprint density at radius 2 is 1.69 bits per heavy atom. The van der Waals surface area contributed by atoms with Crippen LogP contribution in [0.3, 0.4) is 0 Å². The number of amides is 1. The average Bonchev–Trinajstić information content (AvgIpc) is 2.66. The molecule has 2 aromatic rings. The van der Waals surface area contributed by atoms with Crippen LogP contribution in [-0.2, 0) is 4.79 Å². The number of carbonyl (C=O) groups is 1. The molecule has 138 valence electrons. The highest BCUT2D eigenvalue weighted by molar-refractivity contribution is 5.83. The molecule has 0 aliphatic carbocycles. The number of hydrogen-bond acceptors (Lipinski definition) is 6. The Kier molecular flexibility index (Phi) is 6.84. The van der Waals surface area contributed by atoms with Crippen LogP contribution in [0.25, 0.3) is 0 Å². The van der Waals surface area contributed by atoms with E-state index in [2.05, 4.69) is 10.5 Å². The van der Waals surface area contributed by atoms with E-state index >= 15 is 0 Å². The Morgan fingerprint density at radius 3 is 2.23 bits per heavy atom. The molecule has 0 aliphatic rings. The SMILES string of the molecule is COc1cccc(OC)c1OCC(=O)NN=Cc1ccc(N(C)C)cc1. The number of hydrogen-bond donors (Lipinski definition) is 1. The van der Waals surface area contributed by atoms with Crippen molar-refractivity contribution in [1.82, 2.24) is 5.43 Å². The lowest BCUT2D eigenvalue weighted by atomic mass is 10.2. The molecule has 0 fully saturated rings. The Balaban J connectivity index is 1.89. The van der Waals surface area contributed by atoms with E-state index in [1.807, 2.05) is 43.3 Å². The lowest BCUT2D eigenvalue weighted by Crippen LogP contribution is -2.24. The first-order valence-corrected chi connectivity index (χ1v) is 7.98. The van der Waals surface area contributed by atoms with E-state index in [1.54, 1.807) is 24.4 Å². The molecule has 26 heavy (non-hydrogen) atoms. The van der Waals surface area contributed by atoms with Crippen molar-refractivity contribution < 1.29 is 19.0 Å². The number of carbonyl (C=O) groups excluding carboxylic acids is 1. The maximum Gasteiger partial charge on any atom is 0.277 e. The van der Waals surface area contributed by atoms with E-state index in [1.165, 1.54) is 14.2 Å². The zero-order valence-corrected chi connectivity index (χ0v) is 15.4. The molecule has 7 heteroatoms. The zero-order chi connectivity index (χ0) is 18.9. The van der Waals surface area contributed by atoms with Gasteiger partial charge in [0.1, 0.15) is 0 Å². The molecular formula is C19H23N3O4. The zero-order valence-electron chi connectivity index (χ0n) is 15.4. The minimum absolute atomic E-state index is 0.215. The molecule has 0 aliphatic heterocycles. The number of methoxy groups -OCH3 is 2. The Bertz CT molecular complexity index is 736. The first-order chi connectivity index (χ1) is 12.5. The van der Waals surface area contributed by atoms with Crippen molar-refractivity contribution in [1.29, 1.82) is 0 Å². The van der Waals surface area contributed by atoms with Crippen molar-refractivity contribution in [2.75, 3.05) is 39.8 Å². The second-order valence-corrected chi connectivity index (χ2v) is 5.56. The molecule has 2 aromatic carbocycles. The number of nitrogens with zero attached hydrogens (tertiary/aromatic N) is 2. The van der Waals surface area contributed by atoms with Crippen molar-refractivity contribution in [2.24, 2.45) is 5.10 Å². The van der Waals surface area contributed by atoms with E-state index in [0.29, 0.717) is 17.2 Å². The molecule has 0 spiro atoms. The van der Waals surface area contributed by atoms with Crippen molar-refractivity contribution >= 4 is 17.8 Å². The Labute approximate surface area is 153 Å². The number of rotatable bonds is 8. The van der Waals surface area contributed by atoms with Crippen LogP contribution in [0.4, 0.5) is 5.69 Å². The molecule has 1 N–H and O–H groups in total. The van der Waals surface area contributed by atoms with Gasteiger partial charge in [0.05, 0.1) is 20.4 Å². The smallest absolute Gasteiger partial charge is 0.277 e. The molecule has 0 bridgehead atoms. The second-order valence-electron chi connectivity index (χ2n) is 5.56. The van der Waals surface area contributed by atoms with E-state index in [-0.39, 0.29) is 12.5 Å². The Hall–Kier alpha value is -3.22. The summed E-state index contributed by atoms with van der Waals surface area (Å²) in [5.74, 6) is 0.957. The van der Waals surface area contributed by atoms with Crippen LogP contribution in [0.2, 0.25) is 0 Å². The van der Waals surface area contributed by atoms with Crippen LogP contribution in [0.5, 0.6) is 17.2 Å². The van der Waals surface area contributed by atoms with Crippen LogP contribution in [0, 0.1) is 0 Å². The minimum Gasteiger partial charge on any atom is -0.493 e. The van der Waals surface area contributed by atoms with Gasteiger partial charge in [-0.1, -0.05) is 18.2 Å². The topological polar surface area (TPSA) is 72.4 Å². The molecular weight excluding hydrogens is 334 g/mol. The molecule has 1 amide bonds. The summed E-state index contributed by atoms with van der Waals surface area (Å²) >= 11 is 0. The fourth-order valence-corrected chi connectivity index (χ4v) is 2.17. The van der Waals surface area contributed by atoms with Crippen molar-refractivity contribution in [2.45, 2.75) is 0 Å². The molecule has 0 aromatic heterocycles. The van der Waals surface area contributed by atoms with Crippen LogP contribution in [0.15, 0.2) is 47.6 Å². The lowest BCUT2D eigenvalue weighted by Gasteiger charge is -2.13. The first-order valence-electron chi connectivity index (χ1n) is 7.98. The summed E-state index contributed by atoms with van der Waals surface area (Å²) in [6.07, 6.45) is 1.57. The number of benzene rings is 2. The minimum atomic E-state index is -0.390. The van der Waals surface area contributed by atoms with Gasteiger partial charge in [-0.05, 0) is 29.8 Å². The summed E-state index contributed by atoms with van der Waals surface area (Å²) in [5.41, 5.74) is 4.39. The quantitative estimate of drug-likeness (QED) is 0.580. The highest BCUT2D eigenvalue weighted by atomic mass is 16.5. The number of nitrogens with one attached hydrogen (secondary N) is 1. The van der Waals surface area contributed by atoms with Crippen LogP contribution in [-0.4, -0.2) is 47.0 Å². The van der Waals surface area contributed by atoms with E-state index in [9.17, 15) is 4.79 Å². The van der Waals surface area contributed by atoms with Gasteiger partial charge in [0.2, 0.25) is 5.75 Å². The van der Waals surface area contributed by atoms with Gasteiger partial charge < -0.3 is 19.1 Å². The molecule has 0 saturated carbocycles. The average molecular weight is 357 g/mol. The third-order valence-corrected chi connectivity index (χ3v) is 3.54. The van der Waals surface area contributed by atoms with Crippen LogP contribution >= 0.6 is 0 Å². The van der Waals surface area contributed by atoms with Crippen LogP contribution < -0.4 is 24.5 Å². The van der Waals surface area contributed by atoms with Crippen molar-refractivity contribution in [3.63, 3.8) is 0 Å². The molecule has 0 unspecified atom stereocenters. The monoisotopic (exact) mass is 357 g/mol. The van der Waals surface area contributed by atoms with Crippen LogP contribution in [0.1, 0.15) is 5.56 Å². The normalized spacial score (nSPS) is 10.5. The van der Waals surface area contributed by atoms with Gasteiger partial charge in [0.15, 0.2) is 18.1 Å². The van der Waals surface area contributed by atoms with Gasteiger partial charge in [-0.15, -0.1) is 0 Å². The fourth-order valence-electron chi connectivity index (χ4n) is 2.17. The highest BCUT2D eigenvalue weighted by Gasteiger charge is 2.12. The predicted molar refractivity (Wildman–Crippen MR) is 102 cm³/mol. The third-order valence-electron chi connectivity index (χ3n) is 3.54. The van der Waals surface area contributed by atoms with Crippen molar-refractivity contribution in [3.8, 4) is 17.2 Å². The fraction of sp³-hybridized carbons (Fsp3) is 0.263. The molecule has 0 heterocycles. The van der Waals surface area contributed by atoms with Crippen molar-refractivity contribution in [3.05, 3.63) is 48.0 Å². The maximum atomic E-state index is 11.9. The molecule has 0 saturated heterocycles. The Morgan fingerprint density at radius 1 is 1.08 bits per heavy atom. The van der Waals surface area contributed by atoms with E-state index in [0.717, 1.165) is 11.3 Å². The summed E-state index contributed by atoms with van der Waals surface area (Å²) in [5, 5.41) is 3.93. The summed E-state index contributed by atoms with van der Waals surface area (Å²) in [7, 11) is 6.99. The summed E-state index contributed by atoms with van der Waals surface area (Å²) in [6.45, 7) is -0.215. The summed E-state index contributed by atoms with van der Waals surface area (Å²) in [4.78, 5) is 13.9. The third kappa shape index (κ3) is 5.14. The summed E-state index contributed by atoms with van der Waals surface area (Å²) in [6, 6.07) is 13.0. The van der Waals surface area contributed by atoms with Gasteiger partial charge in [0.25, 0.3) is 5.91 Å². The molecule has 7 nitrogen and oxygen atoms in total. The molecule has 2 rings (SSSR count). The molecule has 0 atom stereocenters. The number of para-hydroxylation sites is 1. The first kappa shape index (κ1) is 19.1. The van der Waals surface area contributed by atoms with E-state index < -0.39 is 0 Å². The number of anilines is 1. The van der Waals surface area contributed by atoms with E-state index in [4.69, 9.17) is 14.2 Å².